The zero-order valence-electron chi connectivity index (χ0n) is 15.1. The fourth-order valence-electron chi connectivity index (χ4n) is 3.25. The summed E-state index contributed by atoms with van der Waals surface area (Å²) in [7, 11) is 0. The van der Waals surface area contributed by atoms with Crippen molar-refractivity contribution in [2.24, 2.45) is 0 Å². The second kappa shape index (κ2) is 8.02. The van der Waals surface area contributed by atoms with Gasteiger partial charge in [-0.2, -0.15) is 5.10 Å². The molecule has 5 nitrogen and oxygen atoms in total. The lowest BCUT2D eigenvalue weighted by Gasteiger charge is -2.31. The van der Waals surface area contributed by atoms with Gasteiger partial charge in [-0.25, -0.2) is 4.39 Å². The molecule has 0 radical (unpaired) electrons. The minimum absolute atomic E-state index is 0.0711. The topological polar surface area (TPSA) is 58.2 Å². The van der Waals surface area contributed by atoms with Crippen LogP contribution >= 0.6 is 11.6 Å². The third-order valence-electron chi connectivity index (χ3n) is 4.79. The third-order valence-corrected chi connectivity index (χ3v) is 5.05. The predicted octanol–water partition coefficient (Wildman–Crippen LogP) is 4.55. The van der Waals surface area contributed by atoms with Gasteiger partial charge in [0.05, 0.1) is 5.69 Å². The van der Waals surface area contributed by atoms with E-state index in [2.05, 4.69) is 10.2 Å². The first kappa shape index (κ1) is 18.5. The first-order valence-electron chi connectivity index (χ1n) is 9.11. The average Bonchev–Trinajstić information content (AvgIpc) is 3.20. The van der Waals surface area contributed by atoms with Gasteiger partial charge in [0.2, 0.25) is 0 Å². The molecule has 1 aliphatic heterocycles. The van der Waals surface area contributed by atoms with Gasteiger partial charge < -0.3 is 9.64 Å². The molecule has 1 fully saturated rings. The van der Waals surface area contributed by atoms with E-state index in [0.29, 0.717) is 29.5 Å². The van der Waals surface area contributed by atoms with Crippen LogP contribution in [-0.4, -0.2) is 40.2 Å². The summed E-state index contributed by atoms with van der Waals surface area (Å²) in [6.45, 7) is 1.23. The largest absolute Gasteiger partial charge is 0.490 e. The number of halogens is 2. The molecular formula is C21H19ClFN3O2. The van der Waals surface area contributed by atoms with Crippen molar-refractivity contribution >= 4 is 17.5 Å². The van der Waals surface area contributed by atoms with Crippen LogP contribution in [0.15, 0.2) is 54.6 Å². The highest BCUT2D eigenvalue weighted by molar-refractivity contribution is 6.30. The number of nitrogens with one attached hydrogen (secondary N) is 1. The molecule has 0 unspecified atom stereocenters. The van der Waals surface area contributed by atoms with E-state index in [0.717, 1.165) is 24.2 Å². The highest BCUT2D eigenvalue weighted by atomic mass is 35.5. The molecule has 1 N–H and O–H groups in total. The summed E-state index contributed by atoms with van der Waals surface area (Å²) in [5.41, 5.74) is 1.80. The Labute approximate surface area is 167 Å². The monoisotopic (exact) mass is 399 g/mol. The number of aromatic nitrogens is 2. The van der Waals surface area contributed by atoms with E-state index < -0.39 is 0 Å². The second-order valence-electron chi connectivity index (χ2n) is 6.74. The molecule has 1 aromatic heterocycles. The lowest BCUT2D eigenvalue weighted by atomic mass is 10.1. The van der Waals surface area contributed by atoms with Crippen LogP contribution in [0.3, 0.4) is 0 Å². The van der Waals surface area contributed by atoms with Gasteiger partial charge in [0, 0.05) is 36.5 Å². The van der Waals surface area contributed by atoms with Crippen LogP contribution in [0, 0.1) is 5.82 Å². The molecule has 28 heavy (non-hydrogen) atoms. The molecular weight excluding hydrogens is 381 g/mol. The molecule has 0 bridgehead atoms. The minimum atomic E-state index is -0.306. The number of hydrogen-bond donors (Lipinski definition) is 1. The lowest BCUT2D eigenvalue weighted by molar-refractivity contribution is 0.0590. The van der Waals surface area contributed by atoms with Crippen molar-refractivity contribution in [2.45, 2.75) is 18.9 Å². The molecule has 4 rings (SSSR count). The van der Waals surface area contributed by atoms with Crippen molar-refractivity contribution in [1.29, 1.82) is 0 Å². The van der Waals surface area contributed by atoms with Crippen LogP contribution in [0.4, 0.5) is 4.39 Å². The first-order valence-corrected chi connectivity index (χ1v) is 9.49. The Bertz CT molecular complexity index is 949. The van der Waals surface area contributed by atoms with Crippen LogP contribution in [-0.2, 0) is 0 Å². The van der Waals surface area contributed by atoms with Gasteiger partial charge in [0.25, 0.3) is 5.91 Å². The predicted molar refractivity (Wildman–Crippen MR) is 105 cm³/mol. The number of piperidine rings is 1. The van der Waals surface area contributed by atoms with Gasteiger partial charge >= 0.3 is 0 Å². The Morgan fingerprint density at radius 1 is 1.11 bits per heavy atom. The van der Waals surface area contributed by atoms with E-state index in [-0.39, 0.29) is 17.8 Å². The maximum atomic E-state index is 13.1. The Balaban J connectivity index is 1.35. The standard InChI is InChI=1S/C21H19ClFN3O2/c22-15-3-7-17(8-4-15)28-18-9-11-26(12-10-18)21(27)20-13-19(24-25-20)14-1-5-16(23)6-2-14/h1-8,13,18H,9-12H2,(H,24,25). The van der Waals surface area contributed by atoms with Crippen LogP contribution < -0.4 is 4.74 Å². The van der Waals surface area contributed by atoms with E-state index in [9.17, 15) is 9.18 Å². The Kier molecular flexibility index (Phi) is 5.30. The van der Waals surface area contributed by atoms with E-state index in [1.807, 2.05) is 12.1 Å². The second-order valence-corrected chi connectivity index (χ2v) is 7.17. The smallest absolute Gasteiger partial charge is 0.271 e. The summed E-state index contributed by atoms with van der Waals surface area (Å²) in [5.74, 6) is 0.386. The molecule has 144 valence electrons. The Morgan fingerprint density at radius 3 is 2.46 bits per heavy atom. The molecule has 3 aromatic rings. The van der Waals surface area contributed by atoms with Gasteiger partial charge in [0.15, 0.2) is 0 Å². The van der Waals surface area contributed by atoms with Crippen molar-refractivity contribution in [3.8, 4) is 17.0 Å². The number of aromatic amines is 1. The highest BCUT2D eigenvalue weighted by Crippen LogP contribution is 2.23. The molecule has 0 aliphatic carbocycles. The van der Waals surface area contributed by atoms with Crippen molar-refractivity contribution in [2.75, 3.05) is 13.1 Å². The van der Waals surface area contributed by atoms with Crippen molar-refractivity contribution in [3.05, 3.63) is 71.1 Å². The maximum absolute atomic E-state index is 13.1. The zero-order chi connectivity index (χ0) is 19.5. The van der Waals surface area contributed by atoms with Crippen LogP contribution in [0.25, 0.3) is 11.3 Å². The fourth-order valence-corrected chi connectivity index (χ4v) is 3.38. The first-order chi connectivity index (χ1) is 13.6. The molecule has 0 saturated carbocycles. The molecule has 1 amide bonds. The number of hydrogen-bond acceptors (Lipinski definition) is 3. The van der Waals surface area contributed by atoms with Gasteiger partial charge in [-0.15, -0.1) is 0 Å². The van der Waals surface area contributed by atoms with Crippen LogP contribution in [0.5, 0.6) is 5.75 Å². The fraction of sp³-hybridized carbons (Fsp3) is 0.238. The van der Waals surface area contributed by atoms with E-state index in [1.165, 1.54) is 12.1 Å². The number of carbonyl (C=O) groups is 1. The zero-order valence-corrected chi connectivity index (χ0v) is 15.8. The summed E-state index contributed by atoms with van der Waals surface area (Å²) in [6, 6.07) is 15.0. The quantitative estimate of drug-likeness (QED) is 0.700. The number of nitrogens with zero attached hydrogens (tertiary/aromatic N) is 2. The van der Waals surface area contributed by atoms with Crippen molar-refractivity contribution in [3.63, 3.8) is 0 Å². The van der Waals surface area contributed by atoms with Gasteiger partial charge in [0.1, 0.15) is 23.4 Å². The van der Waals surface area contributed by atoms with Crippen molar-refractivity contribution < 1.29 is 13.9 Å². The number of rotatable bonds is 4. The summed E-state index contributed by atoms with van der Waals surface area (Å²) >= 11 is 5.89. The molecule has 1 aliphatic rings. The summed E-state index contributed by atoms with van der Waals surface area (Å²) in [6.07, 6.45) is 1.59. The molecule has 2 heterocycles. The number of H-pyrrole nitrogens is 1. The van der Waals surface area contributed by atoms with Crippen molar-refractivity contribution in [1.82, 2.24) is 15.1 Å². The molecule has 2 aromatic carbocycles. The van der Waals surface area contributed by atoms with Gasteiger partial charge in [-0.3, -0.25) is 9.89 Å². The molecule has 0 spiro atoms. The summed E-state index contributed by atoms with van der Waals surface area (Å²) < 4.78 is 19.0. The van der Waals surface area contributed by atoms with E-state index in [1.54, 1.807) is 35.2 Å². The summed E-state index contributed by atoms with van der Waals surface area (Å²) in [4.78, 5) is 14.5. The highest BCUT2D eigenvalue weighted by Gasteiger charge is 2.26. The summed E-state index contributed by atoms with van der Waals surface area (Å²) in [5, 5.41) is 7.65. The lowest BCUT2D eigenvalue weighted by Crippen LogP contribution is -2.41. The Morgan fingerprint density at radius 2 is 1.79 bits per heavy atom. The molecule has 1 saturated heterocycles. The van der Waals surface area contributed by atoms with E-state index in [4.69, 9.17) is 16.3 Å². The minimum Gasteiger partial charge on any atom is -0.490 e. The van der Waals surface area contributed by atoms with Gasteiger partial charge in [-0.05, 0) is 54.6 Å². The number of likely N-dealkylation sites (tertiary alicyclic amines) is 1. The molecule has 0 atom stereocenters. The number of carbonyl (C=O) groups excluding carboxylic acids is 1. The normalized spacial score (nSPS) is 14.9. The SMILES string of the molecule is O=C(c1cc(-c2ccc(F)cc2)n[nH]1)N1CCC(Oc2ccc(Cl)cc2)CC1. The third kappa shape index (κ3) is 4.17. The van der Waals surface area contributed by atoms with Crippen LogP contribution in [0.2, 0.25) is 5.02 Å². The Hall–Kier alpha value is -2.86. The molecule has 7 heteroatoms. The van der Waals surface area contributed by atoms with E-state index >= 15 is 0 Å². The maximum Gasteiger partial charge on any atom is 0.271 e. The average molecular weight is 400 g/mol. The van der Waals surface area contributed by atoms with Gasteiger partial charge in [-0.1, -0.05) is 11.6 Å². The number of benzene rings is 2. The number of amides is 1. The number of ether oxygens (including phenoxy) is 1. The van der Waals surface area contributed by atoms with Crippen LogP contribution in [0.1, 0.15) is 23.3 Å².